The second kappa shape index (κ2) is 8.48. The summed E-state index contributed by atoms with van der Waals surface area (Å²) in [7, 11) is 1.52. The highest BCUT2D eigenvalue weighted by molar-refractivity contribution is 7.99. The molecule has 1 aromatic carbocycles. The highest BCUT2D eigenvalue weighted by Crippen LogP contribution is 2.17. The maximum absolute atomic E-state index is 12.1. The van der Waals surface area contributed by atoms with Gasteiger partial charge >= 0.3 is 0 Å². The van der Waals surface area contributed by atoms with Crippen LogP contribution in [0.15, 0.2) is 34.2 Å². The van der Waals surface area contributed by atoms with Crippen LogP contribution in [0.1, 0.15) is 16.8 Å². The maximum Gasteiger partial charge on any atom is 0.251 e. The van der Waals surface area contributed by atoms with Gasteiger partial charge in [-0.1, -0.05) is 29.5 Å². The fourth-order valence-electron chi connectivity index (χ4n) is 2.17. The van der Waals surface area contributed by atoms with E-state index in [-0.39, 0.29) is 29.5 Å². The third-order valence-electron chi connectivity index (χ3n) is 3.39. The first kappa shape index (κ1) is 18.7. The summed E-state index contributed by atoms with van der Waals surface area (Å²) in [6.45, 7) is 3.92. The zero-order valence-electron chi connectivity index (χ0n) is 14.3. The molecular formula is C17H20N4O3S. The number of carbonyl (C=O) groups excluding carboxylic acids is 2. The number of anilines is 1. The number of aryl methyl sites for hydroxylation is 2. The average Bonchev–Trinajstić information content (AvgIpc) is 2.55. The number of aromatic amines is 1. The number of nitrogens with one attached hydrogen (secondary N) is 3. The monoisotopic (exact) mass is 360 g/mol. The Balaban J connectivity index is 1.99. The number of aromatic nitrogens is 2. The van der Waals surface area contributed by atoms with Crippen molar-refractivity contribution in [2.75, 3.05) is 18.1 Å². The number of hydrogen-bond donors (Lipinski definition) is 3. The summed E-state index contributed by atoms with van der Waals surface area (Å²) in [5.41, 5.74) is 2.87. The number of likely N-dealkylation sites (N-methyl/N-ethyl adjacent to an activating group) is 1. The van der Waals surface area contributed by atoms with E-state index in [0.29, 0.717) is 10.9 Å². The smallest absolute Gasteiger partial charge is 0.251 e. The molecule has 2 amide bonds. The summed E-state index contributed by atoms with van der Waals surface area (Å²) in [6, 6.07) is 7.05. The van der Waals surface area contributed by atoms with Gasteiger partial charge in [0.25, 0.3) is 5.56 Å². The minimum absolute atomic E-state index is 0.0166. The van der Waals surface area contributed by atoms with E-state index < -0.39 is 0 Å². The van der Waals surface area contributed by atoms with E-state index >= 15 is 0 Å². The molecule has 0 aliphatic carbocycles. The van der Waals surface area contributed by atoms with Crippen LogP contribution in [0.25, 0.3) is 0 Å². The Kier molecular flexibility index (Phi) is 6.35. The van der Waals surface area contributed by atoms with Crippen molar-refractivity contribution in [1.29, 1.82) is 0 Å². The van der Waals surface area contributed by atoms with Gasteiger partial charge in [0.1, 0.15) is 0 Å². The molecule has 132 valence electrons. The fraction of sp³-hybridized carbons (Fsp3) is 0.294. The summed E-state index contributed by atoms with van der Waals surface area (Å²) < 4.78 is 0. The number of nitrogens with zero attached hydrogens (tertiary/aromatic N) is 1. The van der Waals surface area contributed by atoms with Gasteiger partial charge in [-0.05, 0) is 25.5 Å². The van der Waals surface area contributed by atoms with E-state index in [1.54, 1.807) is 0 Å². The Morgan fingerprint density at radius 2 is 1.96 bits per heavy atom. The maximum atomic E-state index is 12.1. The topological polar surface area (TPSA) is 104 Å². The van der Waals surface area contributed by atoms with Crippen molar-refractivity contribution in [1.82, 2.24) is 15.3 Å². The molecule has 2 rings (SSSR count). The van der Waals surface area contributed by atoms with Crippen LogP contribution in [0.5, 0.6) is 0 Å². The largest absolute Gasteiger partial charge is 0.359 e. The highest BCUT2D eigenvalue weighted by atomic mass is 32.2. The molecule has 8 heteroatoms. The summed E-state index contributed by atoms with van der Waals surface area (Å²) in [6.07, 6.45) is 0.0166. The van der Waals surface area contributed by atoms with Crippen molar-refractivity contribution in [3.05, 3.63) is 51.4 Å². The Bertz CT molecular complexity index is 848. The van der Waals surface area contributed by atoms with E-state index in [4.69, 9.17) is 0 Å². The van der Waals surface area contributed by atoms with Crippen LogP contribution in [0.4, 0.5) is 5.69 Å². The molecule has 1 aromatic heterocycles. The lowest BCUT2D eigenvalue weighted by Gasteiger charge is -2.09. The number of hydrogen-bond acceptors (Lipinski definition) is 5. The number of H-pyrrole nitrogens is 1. The highest BCUT2D eigenvalue weighted by Gasteiger charge is 2.10. The zero-order chi connectivity index (χ0) is 18.4. The molecule has 1 heterocycles. The summed E-state index contributed by atoms with van der Waals surface area (Å²) in [4.78, 5) is 41.9. The Hall–Kier alpha value is -2.61. The molecule has 2 aromatic rings. The Morgan fingerprint density at radius 3 is 2.64 bits per heavy atom. The van der Waals surface area contributed by atoms with Crippen LogP contribution in [-0.2, 0) is 16.0 Å². The lowest BCUT2D eigenvalue weighted by atomic mass is 10.1. The molecule has 0 spiro atoms. The van der Waals surface area contributed by atoms with E-state index in [1.807, 2.05) is 32.0 Å². The molecule has 0 atom stereocenters. The summed E-state index contributed by atoms with van der Waals surface area (Å²) >= 11 is 1.11. The zero-order valence-corrected chi connectivity index (χ0v) is 15.1. The van der Waals surface area contributed by atoms with Crippen molar-refractivity contribution in [3.63, 3.8) is 0 Å². The molecule has 7 nitrogen and oxygen atoms in total. The lowest BCUT2D eigenvalue weighted by molar-refractivity contribution is -0.120. The van der Waals surface area contributed by atoms with Gasteiger partial charge in [0.15, 0.2) is 5.16 Å². The Labute approximate surface area is 149 Å². The molecule has 0 fully saturated rings. The number of carbonyl (C=O) groups is 2. The second-order valence-electron chi connectivity index (χ2n) is 5.55. The molecule has 3 N–H and O–H groups in total. The van der Waals surface area contributed by atoms with Crippen molar-refractivity contribution in [2.45, 2.75) is 25.4 Å². The SMILES string of the molecule is CNC(=O)Cc1cc(=O)[nH]c(SCC(=O)Nc2ccc(C)cc2C)n1. The number of benzene rings is 1. The van der Waals surface area contributed by atoms with E-state index in [0.717, 1.165) is 28.6 Å². The van der Waals surface area contributed by atoms with Gasteiger partial charge in [0.05, 0.1) is 17.9 Å². The average molecular weight is 360 g/mol. The summed E-state index contributed by atoms with van der Waals surface area (Å²) in [5.74, 6) is -0.336. The van der Waals surface area contributed by atoms with Gasteiger partial charge in [0, 0.05) is 18.8 Å². The lowest BCUT2D eigenvalue weighted by Crippen LogP contribution is -2.22. The number of amides is 2. The standard InChI is InChI=1S/C17H20N4O3S/c1-10-4-5-13(11(2)6-10)20-16(24)9-25-17-19-12(7-14(22)18-3)8-15(23)21-17/h4-6,8H,7,9H2,1-3H3,(H,18,22)(H,20,24)(H,19,21,23). The third-order valence-corrected chi connectivity index (χ3v) is 4.26. The van der Waals surface area contributed by atoms with Crippen LogP contribution in [0, 0.1) is 13.8 Å². The van der Waals surface area contributed by atoms with Gasteiger partial charge in [-0.15, -0.1) is 0 Å². The molecule has 0 unspecified atom stereocenters. The normalized spacial score (nSPS) is 10.4. The van der Waals surface area contributed by atoms with Gasteiger partial charge in [0.2, 0.25) is 11.8 Å². The minimum atomic E-state index is -0.355. The van der Waals surface area contributed by atoms with Crippen molar-refractivity contribution < 1.29 is 9.59 Å². The van der Waals surface area contributed by atoms with Crippen LogP contribution < -0.4 is 16.2 Å². The molecule has 0 radical (unpaired) electrons. The van der Waals surface area contributed by atoms with Crippen LogP contribution in [0.3, 0.4) is 0 Å². The molecule has 0 aliphatic rings. The number of rotatable bonds is 6. The van der Waals surface area contributed by atoms with Crippen molar-refractivity contribution in [2.24, 2.45) is 0 Å². The van der Waals surface area contributed by atoms with Crippen LogP contribution >= 0.6 is 11.8 Å². The molecule has 0 saturated heterocycles. The second-order valence-corrected chi connectivity index (χ2v) is 6.51. The summed E-state index contributed by atoms with van der Waals surface area (Å²) in [5, 5.41) is 5.62. The molecular weight excluding hydrogens is 340 g/mol. The molecule has 0 aliphatic heterocycles. The van der Waals surface area contributed by atoms with Gasteiger partial charge in [-0.25, -0.2) is 4.98 Å². The first-order valence-corrected chi connectivity index (χ1v) is 8.66. The van der Waals surface area contributed by atoms with E-state index in [9.17, 15) is 14.4 Å². The molecule has 0 saturated carbocycles. The molecule has 25 heavy (non-hydrogen) atoms. The van der Waals surface area contributed by atoms with E-state index in [1.165, 1.54) is 13.1 Å². The quantitative estimate of drug-likeness (QED) is 0.534. The molecule has 0 bridgehead atoms. The Morgan fingerprint density at radius 1 is 1.20 bits per heavy atom. The van der Waals surface area contributed by atoms with Crippen molar-refractivity contribution >= 4 is 29.3 Å². The predicted octanol–water partition coefficient (Wildman–Crippen LogP) is 1.41. The van der Waals surface area contributed by atoms with Gasteiger partial charge < -0.3 is 15.6 Å². The minimum Gasteiger partial charge on any atom is -0.359 e. The first-order valence-electron chi connectivity index (χ1n) is 7.68. The fourth-order valence-corrected chi connectivity index (χ4v) is 2.86. The number of thioether (sulfide) groups is 1. The third kappa shape index (κ3) is 5.75. The predicted molar refractivity (Wildman–Crippen MR) is 97.9 cm³/mol. The van der Waals surface area contributed by atoms with Gasteiger partial charge in [-0.3, -0.25) is 14.4 Å². The van der Waals surface area contributed by atoms with Crippen LogP contribution in [-0.4, -0.2) is 34.6 Å². The van der Waals surface area contributed by atoms with Crippen LogP contribution in [0.2, 0.25) is 0 Å². The van der Waals surface area contributed by atoms with Gasteiger partial charge in [-0.2, -0.15) is 0 Å². The first-order chi connectivity index (χ1) is 11.9. The van der Waals surface area contributed by atoms with Crippen molar-refractivity contribution in [3.8, 4) is 0 Å². The van der Waals surface area contributed by atoms with E-state index in [2.05, 4.69) is 20.6 Å².